The van der Waals surface area contributed by atoms with Crippen LogP contribution in [0.5, 0.6) is 0 Å². The first kappa shape index (κ1) is 79.9. The lowest BCUT2D eigenvalue weighted by Crippen LogP contribution is -2.15. The molecule has 19 aromatic carbocycles. The van der Waals surface area contributed by atoms with E-state index in [0.717, 1.165) is 94.9 Å². The van der Waals surface area contributed by atoms with Crippen molar-refractivity contribution in [2.24, 2.45) is 0 Å². The van der Waals surface area contributed by atoms with Crippen molar-refractivity contribution in [3.8, 4) is 136 Å². The molecule has 0 atom stereocenters. The van der Waals surface area contributed by atoms with E-state index < -0.39 is 29.5 Å². The number of rotatable bonds is 11. The fourth-order valence-electron chi connectivity index (χ4n) is 19.4. The molecule has 16 nitrogen and oxygen atoms in total. The van der Waals surface area contributed by atoms with Crippen LogP contribution < -0.4 is 0 Å². The number of imidazole rings is 3. The third-order valence-electron chi connectivity index (χ3n) is 25.8. The van der Waals surface area contributed by atoms with Gasteiger partial charge in [0.05, 0.1) is 90.6 Å². The van der Waals surface area contributed by atoms with E-state index in [2.05, 4.69) is 180 Å². The Hall–Kier alpha value is -17.2. The van der Waals surface area contributed by atoms with Crippen LogP contribution in [0, 0.1) is 0 Å². The van der Waals surface area contributed by atoms with Crippen molar-refractivity contribution in [1.29, 1.82) is 0 Å². The highest BCUT2D eigenvalue weighted by Crippen LogP contribution is 2.49. The molecule has 0 saturated carbocycles. The van der Waals surface area contributed by atoms with Gasteiger partial charge in [0.1, 0.15) is 17.5 Å². The van der Waals surface area contributed by atoms with Gasteiger partial charge in [-0.05, 0) is 200 Å². The lowest BCUT2D eigenvalue weighted by molar-refractivity contribution is 0.593. The van der Waals surface area contributed by atoms with Crippen molar-refractivity contribution >= 4 is 106 Å². The maximum Gasteiger partial charge on any atom is 0.210 e. The Balaban J connectivity index is 0.000000109. The Morgan fingerprint density at radius 2 is 0.467 bits per heavy atom. The smallest absolute Gasteiger partial charge is 0.210 e. The number of hydrogen-bond donors (Lipinski definition) is 0. The van der Waals surface area contributed by atoms with E-state index in [4.69, 9.17) is 29.9 Å². The number of aromatic nitrogens is 10. The van der Waals surface area contributed by atoms with Crippen LogP contribution in [0.15, 0.2) is 466 Å². The molecule has 5 aromatic heterocycles. The van der Waals surface area contributed by atoms with Gasteiger partial charge < -0.3 is 4.57 Å². The second kappa shape index (κ2) is 31.5. The molecule has 3 aliphatic heterocycles. The Morgan fingerprint density at radius 1 is 0.178 bits per heavy atom. The molecule has 0 unspecified atom stereocenters. The molecule has 27 rings (SSSR count). The van der Waals surface area contributed by atoms with Crippen LogP contribution in [0.3, 0.4) is 0 Å². The minimum atomic E-state index is -3.86. The van der Waals surface area contributed by atoms with Crippen molar-refractivity contribution in [3.63, 3.8) is 0 Å². The third-order valence-corrected chi connectivity index (χ3v) is 31.2. The van der Waals surface area contributed by atoms with Crippen LogP contribution in [0.1, 0.15) is 0 Å². The average molecular weight is 1800 g/mol. The second-order valence-electron chi connectivity index (χ2n) is 33.7. The van der Waals surface area contributed by atoms with E-state index in [-0.39, 0.29) is 29.4 Å². The summed E-state index contributed by atoms with van der Waals surface area (Å²) < 4.78 is 93.2. The van der Waals surface area contributed by atoms with Crippen molar-refractivity contribution in [2.45, 2.75) is 29.4 Å². The first-order valence-corrected chi connectivity index (χ1v) is 48.6. The number of para-hydroxylation sites is 5. The van der Waals surface area contributed by atoms with Crippen LogP contribution >= 0.6 is 0 Å². The second-order valence-corrected chi connectivity index (χ2v) is 39.4. The highest BCUT2D eigenvalue weighted by molar-refractivity contribution is 7.92. The van der Waals surface area contributed by atoms with E-state index in [0.29, 0.717) is 84.8 Å². The molecular formula is C116H72N10O6S3. The van der Waals surface area contributed by atoms with Crippen molar-refractivity contribution in [2.75, 3.05) is 0 Å². The fourth-order valence-corrected chi connectivity index (χ4v) is 24.4. The first-order chi connectivity index (χ1) is 66.2. The Labute approximate surface area is 775 Å². The molecule has 19 heteroatoms. The molecule has 3 aliphatic rings. The average Bonchev–Trinajstić information content (AvgIpc) is 1.53. The van der Waals surface area contributed by atoms with Gasteiger partial charge in [-0.1, -0.05) is 303 Å². The molecule has 0 bridgehead atoms. The summed E-state index contributed by atoms with van der Waals surface area (Å²) in [4.78, 5) is 30.5. The number of benzene rings is 19. The minimum Gasteiger partial charge on any atom is -0.309 e. The molecule has 24 aromatic rings. The summed E-state index contributed by atoms with van der Waals surface area (Å²) in [5.41, 5.74) is 21.7. The van der Waals surface area contributed by atoms with Gasteiger partial charge >= 0.3 is 0 Å². The van der Waals surface area contributed by atoms with Crippen LogP contribution in [0.25, 0.3) is 212 Å². The number of hydrogen-bond acceptors (Lipinski definition) is 12. The number of nitrogens with zero attached hydrogens (tertiary/aromatic N) is 10. The lowest BCUT2D eigenvalue weighted by Gasteiger charge is -2.22. The van der Waals surface area contributed by atoms with Gasteiger partial charge in [-0.25, -0.2) is 55.2 Å². The van der Waals surface area contributed by atoms with Gasteiger partial charge in [-0.2, -0.15) is 0 Å². The van der Waals surface area contributed by atoms with Crippen LogP contribution in [-0.4, -0.2) is 73.4 Å². The number of fused-ring (bicyclic) bond motifs is 11. The molecule has 0 radical (unpaired) electrons. The summed E-state index contributed by atoms with van der Waals surface area (Å²) >= 11 is 0. The molecule has 0 spiro atoms. The zero-order valence-corrected chi connectivity index (χ0v) is 74.2. The third kappa shape index (κ3) is 13.3. The van der Waals surface area contributed by atoms with E-state index in [1.165, 1.54) is 32.3 Å². The van der Waals surface area contributed by atoms with E-state index in [1.807, 2.05) is 226 Å². The molecule has 640 valence electrons. The Bertz CT molecular complexity index is 9210. The summed E-state index contributed by atoms with van der Waals surface area (Å²) in [7, 11) is -11.5. The predicted molar refractivity (Wildman–Crippen MR) is 537 cm³/mol. The molecular weight excluding hydrogens is 1730 g/mol. The summed E-state index contributed by atoms with van der Waals surface area (Å²) in [5, 5.41) is 7.14. The highest BCUT2D eigenvalue weighted by atomic mass is 32.2. The first-order valence-electron chi connectivity index (χ1n) is 44.2. The van der Waals surface area contributed by atoms with Gasteiger partial charge in [-0.3, -0.25) is 13.7 Å². The van der Waals surface area contributed by atoms with Crippen molar-refractivity contribution < 1.29 is 25.3 Å². The highest BCUT2D eigenvalue weighted by Gasteiger charge is 2.38. The normalized spacial score (nSPS) is 13.2. The molecule has 0 amide bonds. The van der Waals surface area contributed by atoms with Crippen LogP contribution in [-0.2, 0) is 29.5 Å². The SMILES string of the molecule is O=S1(=O)c2cc(-c3cc(-c4ccc5ccccc5c4)cc(-c4ccc5ccccc5c4)c3)ccc2-n2c(-c3ccccc3)nc3cccc1c32.O=S1(=O)c2cc(-c3ccc(-n4c5ccccc5c5ccccc54)cc3)ccc2-n2c(-c3ccccc3)nc3cccc1c32.O=S1(=O)c2cc(-c3nc(-c4ccccc4)nc(-c4ccccc4)n3)ccc2-n2c(-c3ccccc3)nc3cccc1c32. The molecule has 0 N–H and O–H groups in total. The van der Waals surface area contributed by atoms with E-state index in [9.17, 15) is 25.3 Å². The summed E-state index contributed by atoms with van der Waals surface area (Å²) in [6.45, 7) is 0. The van der Waals surface area contributed by atoms with Crippen molar-refractivity contribution in [1.82, 2.24) is 48.2 Å². The van der Waals surface area contributed by atoms with Crippen LogP contribution in [0.2, 0.25) is 0 Å². The molecule has 135 heavy (non-hydrogen) atoms. The van der Waals surface area contributed by atoms with E-state index >= 15 is 0 Å². The van der Waals surface area contributed by atoms with Crippen molar-refractivity contribution in [3.05, 3.63) is 437 Å². The topological polar surface area (TPSA) is 199 Å². The maximum atomic E-state index is 14.4. The monoisotopic (exact) mass is 1800 g/mol. The zero-order valence-electron chi connectivity index (χ0n) is 71.7. The largest absolute Gasteiger partial charge is 0.309 e. The van der Waals surface area contributed by atoms with Gasteiger partial charge in [0.2, 0.25) is 29.5 Å². The maximum absolute atomic E-state index is 14.4. The summed E-state index contributed by atoms with van der Waals surface area (Å²) in [5.74, 6) is 3.52. The quantitative estimate of drug-likeness (QED) is 0.119. The Morgan fingerprint density at radius 3 is 0.844 bits per heavy atom. The van der Waals surface area contributed by atoms with Gasteiger partial charge in [0, 0.05) is 49.8 Å². The van der Waals surface area contributed by atoms with Gasteiger partial charge in [0.25, 0.3) is 0 Å². The van der Waals surface area contributed by atoms with Crippen LogP contribution in [0.4, 0.5) is 0 Å². The molecule has 0 fully saturated rings. The minimum absolute atomic E-state index is 0.179. The number of sulfone groups is 3. The molecule has 0 aliphatic carbocycles. The molecule has 0 saturated heterocycles. The van der Waals surface area contributed by atoms with Gasteiger partial charge in [0.15, 0.2) is 17.5 Å². The Kier molecular flexibility index (Phi) is 18.7. The van der Waals surface area contributed by atoms with E-state index in [1.54, 1.807) is 48.5 Å². The summed E-state index contributed by atoms with van der Waals surface area (Å²) in [6.07, 6.45) is 0. The zero-order chi connectivity index (χ0) is 90.4. The molecule has 8 heterocycles. The standard InChI is InChI=1S/C45H28N2O2S.C37H23N3O2S.C34H21N5O2S/c48-50(49)42-16-8-15-40-44(42)47(45(46-40)31-11-2-1-3-12-31)41-22-21-36(28-43(41)50)39-26-37(34-19-17-29-9-4-6-13-32(29)23-34)25-38(27-39)35-20-18-30-10-5-7-14-33(30)24-35;41-43(42)34-16-8-13-30-36(34)40(37(38-30)25-9-2-1-3-10-25)33-22-19-26(23-35(33)43)24-17-20-27(21-18-24)39-31-14-6-4-11-28(31)29-12-5-7-15-32(29)39;40-42(41)28-18-10-17-26-30(28)39(34(35-26)24-15-8-3-9-16-24)27-20-19-25(21-29(27)42)33-37-31(22-11-4-1-5-12-22)36-32(38-33)23-13-6-2-7-14-23/h1-28H;1-23H;1-21H. The summed E-state index contributed by atoms with van der Waals surface area (Å²) in [6, 6.07) is 143. The predicted octanol–water partition coefficient (Wildman–Crippen LogP) is 26.8. The van der Waals surface area contributed by atoms with Gasteiger partial charge in [-0.15, -0.1) is 0 Å². The lowest BCUT2D eigenvalue weighted by atomic mass is 9.92. The fraction of sp³-hybridized carbons (Fsp3) is 0.